The normalized spacial score (nSPS) is 16.1. The minimum absolute atomic E-state index is 0.101. The molecule has 2 aromatic heterocycles. The number of aromatic nitrogens is 3. The number of nitrogens with zero attached hydrogens (tertiary/aromatic N) is 5. The van der Waals surface area contributed by atoms with Gasteiger partial charge in [0.2, 0.25) is 0 Å². The second-order valence-electron chi connectivity index (χ2n) is 8.01. The van der Waals surface area contributed by atoms with Crippen molar-refractivity contribution in [2.24, 2.45) is 0 Å². The van der Waals surface area contributed by atoms with Crippen LogP contribution in [0.1, 0.15) is 18.1 Å². The Kier molecular flexibility index (Phi) is 6.54. The van der Waals surface area contributed by atoms with E-state index in [2.05, 4.69) is 26.7 Å². The summed E-state index contributed by atoms with van der Waals surface area (Å²) in [5.41, 5.74) is 2.48. The van der Waals surface area contributed by atoms with Crippen molar-refractivity contribution in [1.82, 2.24) is 19.4 Å². The fourth-order valence-electron chi connectivity index (χ4n) is 3.78. The van der Waals surface area contributed by atoms with Crippen LogP contribution in [0.4, 0.5) is 5.13 Å². The second kappa shape index (κ2) is 9.33. The summed E-state index contributed by atoms with van der Waals surface area (Å²) in [6, 6.07) is 5.91. The number of anilines is 1. The molecule has 0 bridgehead atoms. The number of ether oxygens (including phenoxy) is 1. The minimum Gasteiger partial charge on any atom is -0.491 e. The second-order valence-corrected chi connectivity index (χ2v) is 8.98. The molecule has 1 N–H and O–H groups in total. The van der Waals surface area contributed by atoms with Crippen molar-refractivity contribution >= 4 is 26.8 Å². The average Bonchev–Trinajstić information content (AvgIpc) is 3.20. The third kappa shape index (κ3) is 4.89. The Balaban J connectivity index is 1.43. The van der Waals surface area contributed by atoms with E-state index in [0.717, 1.165) is 54.7 Å². The summed E-state index contributed by atoms with van der Waals surface area (Å²) in [5, 5.41) is 11.3. The van der Waals surface area contributed by atoms with Crippen LogP contribution in [-0.2, 0) is 6.54 Å². The van der Waals surface area contributed by atoms with Gasteiger partial charge in [0.25, 0.3) is 5.56 Å². The minimum atomic E-state index is -0.827. The smallest absolute Gasteiger partial charge is 0.273 e. The standard InChI is InChI=1S/C22H29N5O3S/c1-4-25-7-9-26(10-8-25)22-24-20-19(31-22)21(29)27(14-23-20)12-17(28)13-30-18-6-5-15(2)11-16(18)3/h5-6,11,14,17,28H,4,7-10,12-13H2,1-3H3/t17-/m0/s1. The van der Waals surface area contributed by atoms with Gasteiger partial charge >= 0.3 is 0 Å². The lowest BCUT2D eigenvalue weighted by molar-refractivity contribution is 0.0911. The fourth-order valence-corrected chi connectivity index (χ4v) is 4.80. The third-order valence-corrected chi connectivity index (χ3v) is 6.72. The van der Waals surface area contributed by atoms with E-state index >= 15 is 0 Å². The van der Waals surface area contributed by atoms with Crippen LogP contribution in [0.15, 0.2) is 29.3 Å². The van der Waals surface area contributed by atoms with Crippen molar-refractivity contribution in [3.8, 4) is 5.75 Å². The molecule has 0 radical (unpaired) electrons. The van der Waals surface area contributed by atoms with Crippen molar-refractivity contribution in [1.29, 1.82) is 0 Å². The molecule has 4 rings (SSSR count). The molecule has 0 saturated carbocycles. The van der Waals surface area contributed by atoms with Gasteiger partial charge in [-0.3, -0.25) is 9.36 Å². The zero-order valence-corrected chi connectivity index (χ0v) is 19.1. The molecule has 0 spiro atoms. The van der Waals surface area contributed by atoms with E-state index in [0.29, 0.717) is 10.3 Å². The van der Waals surface area contributed by atoms with Gasteiger partial charge in [-0.25, -0.2) is 4.98 Å². The molecule has 1 atom stereocenters. The number of fused-ring (bicyclic) bond motifs is 1. The van der Waals surface area contributed by atoms with E-state index < -0.39 is 6.10 Å². The molecule has 1 aliphatic rings. The van der Waals surface area contributed by atoms with E-state index in [1.54, 1.807) is 0 Å². The summed E-state index contributed by atoms with van der Waals surface area (Å²) >= 11 is 1.38. The highest BCUT2D eigenvalue weighted by molar-refractivity contribution is 7.22. The quantitative estimate of drug-likeness (QED) is 0.598. The molecule has 1 aromatic carbocycles. The maximum Gasteiger partial charge on any atom is 0.273 e. The maximum absolute atomic E-state index is 12.9. The number of aliphatic hydroxyl groups excluding tert-OH is 1. The van der Waals surface area contributed by atoms with Crippen LogP contribution in [0.25, 0.3) is 10.3 Å². The first-order valence-electron chi connectivity index (χ1n) is 10.7. The fraction of sp³-hybridized carbons (Fsp3) is 0.500. The first-order valence-corrected chi connectivity index (χ1v) is 11.5. The molecule has 8 nitrogen and oxygen atoms in total. The molecule has 9 heteroatoms. The van der Waals surface area contributed by atoms with Crippen LogP contribution in [0.2, 0.25) is 0 Å². The number of thiazole rings is 1. The summed E-state index contributed by atoms with van der Waals surface area (Å²) in [6.45, 7) is 11.2. The van der Waals surface area contributed by atoms with E-state index in [1.165, 1.54) is 22.2 Å². The monoisotopic (exact) mass is 443 g/mol. The van der Waals surface area contributed by atoms with Gasteiger partial charge in [0.1, 0.15) is 29.5 Å². The Morgan fingerprint density at radius 3 is 2.71 bits per heavy atom. The summed E-state index contributed by atoms with van der Waals surface area (Å²) in [7, 11) is 0. The van der Waals surface area contributed by atoms with Crippen molar-refractivity contribution in [2.75, 3.05) is 44.2 Å². The Morgan fingerprint density at radius 1 is 1.23 bits per heavy atom. The van der Waals surface area contributed by atoms with E-state index in [4.69, 9.17) is 4.74 Å². The molecule has 0 amide bonds. The van der Waals surface area contributed by atoms with Gasteiger partial charge < -0.3 is 19.6 Å². The Hall–Kier alpha value is -2.49. The van der Waals surface area contributed by atoms with Gasteiger partial charge in [-0.05, 0) is 32.0 Å². The van der Waals surface area contributed by atoms with Crippen LogP contribution >= 0.6 is 11.3 Å². The molecule has 31 heavy (non-hydrogen) atoms. The number of aliphatic hydroxyl groups is 1. The Bertz CT molecular complexity index is 1100. The van der Waals surface area contributed by atoms with Crippen molar-refractivity contribution in [3.05, 3.63) is 46.0 Å². The molecule has 166 valence electrons. The van der Waals surface area contributed by atoms with E-state index in [-0.39, 0.29) is 18.7 Å². The number of likely N-dealkylation sites (N-methyl/N-ethyl adjacent to an activating group) is 1. The zero-order valence-electron chi connectivity index (χ0n) is 18.2. The van der Waals surface area contributed by atoms with Gasteiger partial charge in [0, 0.05) is 26.2 Å². The number of hydrogen-bond acceptors (Lipinski definition) is 8. The Morgan fingerprint density at radius 2 is 2.00 bits per heavy atom. The number of rotatable bonds is 7. The van der Waals surface area contributed by atoms with E-state index in [1.807, 2.05) is 32.0 Å². The van der Waals surface area contributed by atoms with Gasteiger partial charge in [0.15, 0.2) is 10.8 Å². The van der Waals surface area contributed by atoms with Crippen LogP contribution in [0.5, 0.6) is 5.75 Å². The topological polar surface area (TPSA) is 83.7 Å². The van der Waals surface area contributed by atoms with Crippen molar-refractivity contribution in [3.63, 3.8) is 0 Å². The van der Waals surface area contributed by atoms with E-state index in [9.17, 15) is 9.90 Å². The summed E-state index contributed by atoms with van der Waals surface area (Å²) < 4.78 is 7.71. The zero-order chi connectivity index (χ0) is 22.0. The molecular formula is C22H29N5O3S. The average molecular weight is 444 g/mol. The van der Waals surface area contributed by atoms with Crippen LogP contribution < -0.4 is 15.2 Å². The highest BCUT2D eigenvalue weighted by Gasteiger charge is 2.21. The maximum atomic E-state index is 12.9. The largest absolute Gasteiger partial charge is 0.491 e. The molecule has 1 saturated heterocycles. The van der Waals surface area contributed by atoms with Crippen LogP contribution in [-0.4, -0.2) is 70.0 Å². The lowest BCUT2D eigenvalue weighted by atomic mass is 10.1. The first kappa shape index (κ1) is 21.7. The molecular weight excluding hydrogens is 414 g/mol. The first-order chi connectivity index (χ1) is 14.9. The van der Waals surface area contributed by atoms with Crippen molar-refractivity contribution in [2.45, 2.75) is 33.4 Å². The lowest BCUT2D eigenvalue weighted by Crippen LogP contribution is -2.46. The summed E-state index contributed by atoms with van der Waals surface area (Å²) in [5.74, 6) is 0.737. The third-order valence-electron chi connectivity index (χ3n) is 5.63. The SMILES string of the molecule is CCN1CCN(c2nc3ncn(C[C@H](O)COc4ccc(C)cc4C)c(=O)c3s2)CC1. The summed E-state index contributed by atoms with van der Waals surface area (Å²) in [4.78, 5) is 26.5. The molecule has 3 aromatic rings. The number of aryl methyl sites for hydroxylation is 2. The van der Waals surface area contributed by atoms with Crippen LogP contribution in [0, 0.1) is 13.8 Å². The van der Waals surface area contributed by atoms with Gasteiger partial charge in [-0.2, -0.15) is 4.98 Å². The predicted octanol–water partition coefficient (Wildman–Crippen LogP) is 2.05. The Labute approximate surface area is 185 Å². The van der Waals surface area contributed by atoms with Crippen LogP contribution in [0.3, 0.4) is 0 Å². The number of benzene rings is 1. The molecule has 1 aliphatic heterocycles. The molecule has 0 aliphatic carbocycles. The van der Waals surface area contributed by atoms with Crippen molar-refractivity contribution < 1.29 is 9.84 Å². The highest BCUT2D eigenvalue weighted by atomic mass is 32.1. The number of piperazine rings is 1. The molecule has 3 heterocycles. The molecule has 0 unspecified atom stereocenters. The van der Waals surface area contributed by atoms with Gasteiger partial charge in [-0.15, -0.1) is 0 Å². The highest BCUT2D eigenvalue weighted by Crippen LogP contribution is 2.26. The molecule has 1 fully saturated rings. The van der Waals surface area contributed by atoms with Gasteiger partial charge in [0.05, 0.1) is 6.54 Å². The van der Waals surface area contributed by atoms with Gasteiger partial charge in [-0.1, -0.05) is 36.0 Å². The number of hydrogen-bond donors (Lipinski definition) is 1. The summed E-state index contributed by atoms with van der Waals surface area (Å²) in [6.07, 6.45) is 0.635. The predicted molar refractivity (Wildman–Crippen MR) is 123 cm³/mol. The lowest BCUT2D eigenvalue weighted by Gasteiger charge is -2.33.